The Labute approximate surface area is 219 Å². The van der Waals surface area contributed by atoms with Gasteiger partial charge in [0.2, 0.25) is 6.29 Å². The Hall–Kier alpha value is -3.06. The molecular weight excluding hydrogens is 498 g/mol. The van der Waals surface area contributed by atoms with Crippen molar-refractivity contribution < 1.29 is 49.3 Å². The van der Waals surface area contributed by atoms with Crippen LogP contribution >= 0.6 is 0 Å². The van der Waals surface area contributed by atoms with E-state index in [4.69, 9.17) is 19.9 Å². The van der Waals surface area contributed by atoms with Crippen LogP contribution in [-0.2, 0) is 9.53 Å². The summed E-state index contributed by atoms with van der Waals surface area (Å²) in [7, 11) is 1.43. The lowest BCUT2D eigenvalue weighted by atomic mass is 9.73. The van der Waals surface area contributed by atoms with E-state index in [9.17, 15) is 35.1 Å². The molecule has 2 aliphatic rings. The van der Waals surface area contributed by atoms with Crippen LogP contribution in [-0.4, -0.2) is 87.1 Å². The molecule has 11 nitrogen and oxygen atoms in total. The third-order valence-corrected chi connectivity index (χ3v) is 7.38. The highest BCUT2D eigenvalue weighted by Gasteiger charge is 2.54. The number of rotatable bonds is 7. The van der Waals surface area contributed by atoms with Crippen molar-refractivity contribution in [2.24, 2.45) is 11.7 Å². The fourth-order valence-corrected chi connectivity index (χ4v) is 5.37. The van der Waals surface area contributed by atoms with Crippen molar-refractivity contribution in [3.05, 3.63) is 41.5 Å². The average molecular weight is 532 g/mol. The maximum absolute atomic E-state index is 12.2. The zero-order valence-corrected chi connectivity index (χ0v) is 21.3. The van der Waals surface area contributed by atoms with Gasteiger partial charge in [-0.25, -0.2) is 0 Å². The molecule has 0 amide bonds. The van der Waals surface area contributed by atoms with E-state index in [-0.39, 0.29) is 41.1 Å². The number of aryl methyl sites for hydroxylation is 1. The summed E-state index contributed by atoms with van der Waals surface area (Å²) in [5.74, 6) is -0.853. The van der Waals surface area contributed by atoms with Gasteiger partial charge in [-0.2, -0.15) is 0 Å². The number of fused-ring (bicyclic) bond motifs is 1. The monoisotopic (exact) mass is 531 g/mol. The first-order valence-electron chi connectivity index (χ1n) is 12.2. The maximum atomic E-state index is 12.2. The summed E-state index contributed by atoms with van der Waals surface area (Å²) < 4.78 is 17.1. The molecule has 0 saturated carbocycles. The van der Waals surface area contributed by atoms with Crippen molar-refractivity contribution in [2.45, 2.75) is 69.0 Å². The highest BCUT2D eigenvalue weighted by Crippen LogP contribution is 2.43. The molecule has 8 atom stereocenters. The van der Waals surface area contributed by atoms with Crippen LogP contribution in [0, 0.1) is 12.8 Å². The standard InChI is InChI=1S/C27H33NO10/c1-12-8-15-9-16(36-3)10-18(20(15)21(31)19(12)13(2)30)37-26-24(34)22(32)23(33)25(38-26)27(35)6-4-17(28)14(11-27)5-7-29/h4,6-10,14,17,22-26,31-35H,5,11,28H2,1-3H3. The van der Waals surface area contributed by atoms with Crippen LogP contribution in [0.3, 0.4) is 0 Å². The number of aldehydes is 1. The maximum Gasteiger partial charge on any atom is 0.229 e. The first-order chi connectivity index (χ1) is 17.9. The van der Waals surface area contributed by atoms with E-state index in [0.717, 1.165) is 0 Å². The highest BCUT2D eigenvalue weighted by molar-refractivity contribution is 6.07. The molecule has 0 spiro atoms. The first-order valence-corrected chi connectivity index (χ1v) is 12.2. The molecule has 1 saturated heterocycles. The van der Waals surface area contributed by atoms with Crippen LogP contribution in [0.15, 0.2) is 30.4 Å². The summed E-state index contributed by atoms with van der Waals surface area (Å²) in [4.78, 5) is 23.3. The third-order valence-electron chi connectivity index (χ3n) is 7.38. The van der Waals surface area contributed by atoms with Crippen molar-refractivity contribution >= 4 is 22.8 Å². The number of phenolic OH excluding ortho intramolecular Hbond substituents is 1. The second kappa shape index (κ2) is 10.6. The number of aliphatic hydroxyl groups excluding tert-OH is 3. The average Bonchev–Trinajstić information content (AvgIpc) is 2.86. The fraction of sp³-hybridized carbons (Fsp3) is 0.481. The number of carbonyl (C=O) groups is 2. The van der Waals surface area contributed by atoms with Gasteiger partial charge in [0.15, 0.2) is 5.78 Å². The number of ether oxygens (including phenoxy) is 3. The lowest BCUT2D eigenvalue weighted by Gasteiger charge is -2.48. The van der Waals surface area contributed by atoms with Crippen LogP contribution < -0.4 is 15.2 Å². The normalized spacial score (nSPS) is 33.2. The molecule has 1 aliphatic carbocycles. The smallest absolute Gasteiger partial charge is 0.229 e. The largest absolute Gasteiger partial charge is 0.506 e. The molecule has 2 aromatic rings. The topological polar surface area (TPSA) is 189 Å². The molecule has 1 heterocycles. The third kappa shape index (κ3) is 4.89. The molecule has 38 heavy (non-hydrogen) atoms. The Kier molecular flexibility index (Phi) is 7.80. The predicted molar refractivity (Wildman–Crippen MR) is 135 cm³/mol. The van der Waals surface area contributed by atoms with Gasteiger partial charge in [0.05, 0.1) is 18.1 Å². The van der Waals surface area contributed by atoms with E-state index in [1.807, 2.05) is 0 Å². The number of carbonyl (C=O) groups excluding carboxylic acids is 2. The van der Waals surface area contributed by atoms with Gasteiger partial charge in [-0.05, 0) is 43.2 Å². The summed E-state index contributed by atoms with van der Waals surface area (Å²) in [6.45, 7) is 2.99. The van der Waals surface area contributed by atoms with E-state index in [2.05, 4.69) is 0 Å². The number of hydrogen-bond donors (Lipinski definition) is 6. The molecule has 11 heteroatoms. The molecular formula is C27H33NO10. The molecule has 1 fully saturated rings. The van der Waals surface area contributed by atoms with E-state index in [1.54, 1.807) is 19.1 Å². The first kappa shape index (κ1) is 28.0. The second-order valence-corrected chi connectivity index (χ2v) is 10.0. The van der Waals surface area contributed by atoms with Crippen LogP contribution in [0.4, 0.5) is 0 Å². The van der Waals surface area contributed by atoms with E-state index in [1.165, 1.54) is 32.3 Å². The minimum Gasteiger partial charge on any atom is -0.506 e. The number of aromatic hydroxyl groups is 1. The molecule has 4 rings (SSSR count). The number of nitrogens with two attached hydrogens (primary N) is 1. The minimum absolute atomic E-state index is 0.0298. The van der Waals surface area contributed by atoms with E-state index >= 15 is 0 Å². The Morgan fingerprint density at radius 2 is 1.92 bits per heavy atom. The number of ketones is 1. The molecule has 1 aliphatic heterocycles. The van der Waals surface area contributed by atoms with Crippen LogP contribution in [0.2, 0.25) is 0 Å². The minimum atomic E-state index is -1.84. The second-order valence-electron chi connectivity index (χ2n) is 10.0. The number of Topliss-reactive ketones (excluding diaryl/α,β-unsaturated/α-hetero) is 1. The van der Waals surface area contributed by atoms with Crippen molar-refractivity contribution in [1.82, 2.24) is 0 Å². The van der Waals surface area contributed by atoms with Crippen molar-refractivity contribution in [1.29, 1.82) is 0 Å². The van der Waals surface area contributed by atoms with Crippen LogP contribution in [0.25, 0.3) is 10.8 Å². The van der Waals surface area contributed by atoms with Gasteiger partial charge in [0.1, 0.15) is 53.6 Å². The van der Waals surface area contributed by atoms with Crippen LogP contribution in [0.5, 0.6) is 17.2 Å². The Morgan fingerprint density at radius 3 is 2.55 bits per heavy atom. The van der Waals surface area contributed by atoms with Gasteiger partial charge in [0.25, 0.3) is 0 Å². The van der Waals surface area contributed by atoms with Crippen molar-refractivity contribution in [3.63, 3.8) is 0 Å². The quantitative estimate of drug-likeness (QED) is 0.166. The molecule has 2 aromatic carbocycles. The van der Waals surface area contributed by atoms with Gasteiger partial charge in [-0.3, -0.25) is 4.79 Å². The number of benzene rings is 2. The zero-order valence-electron chi connectivity index (χ0n) is 21.3. The Bertz CT molecular complexity index is 1260. The molecule has 0 bridgehead atoms. The number of hydrogen-bond acceptors (Lipinski definition) is 11. The summed E-state index contributed by atoms with van der Waals surface area (Å²) in [5, 5.41) is 55.2. The zero-order chi connectivity index (χ0) is 27.9. The van der Waals surface area contributed by atoms with Crippen molar-refractivity contribution in [2.75, 3.05) is 7.11 Å². The van der Waals surface area contributed by atoms with Crippen molar-refractivity contribution in [3.8, 4) is 17.2 Å². The van der Waals surface area contributed by atoms with Crippen LogP contribution in [0.1, 0.15) is 35.7 Å². The lowest BCUT2D eigenvalue weighted by molar-refractivity contribution is -0.300. The van der Waals surface area contributed by atoms with Gasteiger partial charge in [0, 0.05) is 18.5 Å². The summed E-state index contributed by atoms with van der Waals surface area (Å²) in [6.07, 6.45) is -4.79. The molecule has 0 radical (unpaired) electrons. The fourth-order valence-electron chi connectivity index (χ4n) is 5.37. The Balaban J connectivity index is 1.75. The number of phenols is 1. The number of methoxy groups -OCH3 is 1. The molecule has 8 unspecified atom stereocenters. The predicted octanol–water partition coefficient (Wildman–Crippen LogP) is 0.475. The molecule has 206 valence electrons. The molecule has 7 N–H and O–H groups in total. The summed E-state index contributed by atoms with van der Waals surface area (Å²) >= 11 is 0. The number of aliphatic hydroxyl groups is 4. The molecule has 0 aromatic heterocycles. The SMILES string of the molecule is COc1cc(OC2OC(C3(O)C=CC(N)C(CC=O)C3)C(O)C(O)C2O)c2c(O)c(C(C)=O)c(C)cc2c1. The summed E-state index contributed by atoms with van der Waals surface area (Å²) in [6, 6.07) is 4.21. The van der Waals surface area contributed by atoms with E-state index in [0.29, 0.717) is 23.0 Å². The van der Waals surface area contributed by atoms with Gasteiger partial charge in [-0.15, -0.1) is 0 Å². The van der Waals surface area contributed by atoms with Gasteiger partial charge < -0.3 is 50.3 Å². The summed E-state index contributed by atoms with van der Waals surface area (Å²) in [5.41, 5.74) is 4.81. The lowest BCUT2D eigenvalue weighted by Crippen LogP contribution is -2.66. The Morgan fingerprint density at radius 1 is 1.21 bits per heavy atom. The highest BCUT2D eigenvalue weighted by atomic mass is 16.7. The van der Waals surface area contributed by atoms with E-state index < -0.39 is 48.3 Å². The van der Waals surface area contributed by atoms with Gasteiger partial charge in [-0.1, -0.05) is 18.2 Å². The van der Waals surface area contributed by atoms with Gasteiger partial charge >= 0.3 is 0 Å².